The second kappa shape index (κ2) is 7.17. The molecule has 88 valence electrons. The minimum atomic E-state index is -0.654. The maximum absolute atomic E-state index is 9.68. The van der Waals surface area contributed by atoms with Gasteiger partial charge >= 0.3 is 0 Å². The van der Waals surface area contributed by atoms with Crippen molar-refractivity contribution in [3.05, 3.63) is 48.0 Å². The second-order valence-electron chi connectivity index (χ2n) is 3.67. The van der Waals surface area contributed by atoms with Crippen LogP contribution in [0, 0.1) is 0 Å². The van der Waals surface area contributed by atoms with Gasteiger partial charge in [0.2, 0.25) is 0 Å². The van der Waals surface area contributed by atoms with Gasteiger partial charge < -0.3 is 15.5 Å². The van der Waals surface area contributed by atoms with Gasteiger partial charge in [0.15, 0.2) is 0 Å². The smallest absolute Gasteiger partial charge is 0.0896 e. The van der Waals surface area contributed by atoms with E-state index in [2.05, 4.69) is 5.32 Å². The Morgan fingerprint density at radius 1 is 1.31 bits per heavy atom. The number of benzene rings is 1. The Morgan fingerprint density at radius 2 is 2.00 bits per heavy atom. The molecule has 1 aromatic carbocycles. The van der Waals surface area contributed by atoms with Crippen LogP contribution in [-0.2, 0) is 6.54 Å². The summed E-state index contributed by atoms with van der Waals surface area (Å²) >= 11 is 0. The molecule has 1 aromatic rings. The van der Waals surface area contributed by atoms with Crippen LogP contribution >= 0.6 is 0 Å². The third kappa shape index (κ3) is 4.14. The Labute approximate surface area is 96.4 Å². The number of rotatable bonds is 6. The van der Waals surface area contributed by atoms with Gasteiger partial charge in [-0.2, -0.15) is 0 Å². The van der Waals surface area contributed by atoms with Crippen LogP contribution in [0.1, 0.15) is 12.5 Å². The van der Waals surface area contributed by atoms with E-state index in [0.717, 1.165) is 5.56 Å². The van der Waals surface area contributed by atoms with Crippen molar-refractivity contribution in [3.8, 4) is 0 Å². The molecule has 3 nitrogen and oxygen atoms in total. The molecule has 16 heavy (non-hydrogen) atoms. The number of aliphatic hydroxyl groups is 2. The predicted octanol–water partition coefficient (Wildman–Crippen LogP) is 1.07. The highest BCUT2D eigenvalue weighted by Crippen LogP contribution is 2.01. The SMILES string of the molecule is CC=CC(O)C(CO)NCc1ccccc1. The van der Waals surface area contributed by atoms with Crippen LogP contribution in [0.15, 0.2) is 42.5 Å². The van der Waals surface area contributed by atoms with Crippen molar-refractivity contribution >= 4 is 0 Å². The topological polar surface area (TPSA) is 52.5 Å². The summed E-state index contributed by atoms with van der Waals surface area (Å²) in [6.07, 6.45) is 2.79. The van der Waals surface area contributed by atoms with Crippen molar-refractivity contribution in [3.63, 3.8) is 0 Å². The lowest BCUT2D eigenvalue weighted by Crippen LogP contribution is -2.41. The number of nitrogens with one attached hydrogen (secondary N) is 1. The molecule has 0 aliphatic heterocycles. The molecule has 0 heterocycles. The molecule has 0 saturated heterocycles. The Balaban J connectivity index is 2.46. The van der Waals surface area contributed by atoms with E-state index in [1.165, 1.54) is 0 Å². The summed E-state index contributed by atoms with van der Waals surface area (Å²) in [4.78, 5) is 0. The van der Waals surface area contributed by atoms with E-state index >= 15 is 0 Å². The lowest BCUT2D eigenvalue weighted by atomic mass is 10.1. The van der Waals surface area contributed by atoms with Crippen LogP contribution in [0.5, 0.6) is 0 Å². The summed E-state index contributed by atoms with van der Waals surface area (Å²) in [5, 5.41) is 21.9. The summed E-state index contributed by atoms with van der Waals surface area (Å²) in [7, 11) is 0. The molecule has 0 fully saturated rings. The minimum absolute atomic E-state index is 0.0850. The van der Waals surface area contributed by atoms with Crippen molar-refractivity contribution in [1.82, 2.24) is 5.32 Å². The molecule has 3 heteroatoms. The monoisotopic (exact) mass is 221 g/mol. The van der Waals surface area contributed by atoms with Crippen molar-refractivity contribution in [2.75, 3.05) is 6.61 Å². The third-order valence-electron chi connectivity index (χ3n) is 2.41. The standard InChI is InChI=1S/C13H19NO2/c1-2-6-13(16)12(10-15)14-9-11-7-4-3-5-8-11/h2-8,12-16H,9-10H2,1H3. The third-order valence-corrected chi connectivity index (χ3v) is 2.41. The largest absolute Gasteiger partial charge is 0.395 e. The summed E-state index contributed by atoms with van der Waals surface area (Å²) in [5.41, 5.74) is 1.13. The lowest BCUT2D eigenvalue weighted by molar-refractivity contribution is 0.122. The summed E-state index contributed by atoms with van der Waals surface area (Å²) in [5.74, 6) is 0. The highest BCUT2D eigenvalue weighted by Gasteiger charge is 2.14. The van der Waals surface area contributed by atoms with E-state index in [0.29, 0.717) is 6.54 Å². The van der Waals surface area contributed by atoms with Gasteiger partial charge in [-0.15, -0.1) is 0 Å². The normalized spacial score (nSPS) is 15.2. The zero-order valence-electron chi connectivity index (χ0n) is 9.50. The fourth-order valence-corrected chi connectivity index (χ4v) is 1.47. The maximum atomic E-state index is 9.68. The molecule has 1 rings (SSSR count). The molecule has 0 aromatic heterocycles. The number of aliphatic hydroxyl groups excluding tert-OH is 2. The van der Waals surface area contributed by atoms with Gasteiger partial charge in [0.05, 0.1) is 18.8 Å². The van der Waals surface area contributed by atoms with Crippen molar-refractivity contribution in [2.45, 2.75) is 25.6 Å². The maximum Gasteiger partial charge on any atom is 0.0896 e. The van der Waals surface area contributed by atoms with Gasteiger partial charge in [-0.3, -0.25) is 0 Å². The van der Waals surface area contributed by atoms with E-state index in [1.54, 1.807) is 12.2 Å². The molecular weight excluding hydrogens is 202 g/mol. The van der Waals surface area contributed by atoms with E-state index in [-0.39, 0.29) is 12.6 Å². The first-order valence-corrected chi connectivity index (χ1v) is 5.47. The summed E-state index contributed by atoms with van der Waals surface area (Å²) < 4.78 is 0. The first-order chi connectivity index (χ1) is 7.77. The first-order valence-electron chi connectivity index (χ1n) is 5.47. The molecule has 3 N–H and O–H groups in total. The molecular formula is C13H19NO2. The highest BCUT2D eigenvalue weighted by atomic mass is 16.3. The summed E-state index contributed by atoms with van der Waals surface area (Å²) in [6.45, 7) is 2.40. The van der Waals surface area contributed by atoms with Crippen LogP contribution in [0.4, 0.5) is 0 Å². The number of allylic oxidation sites excluding steroid dienone is 1. The van der Waals surface area contributed by atoms with Crippen molar-refractivity contribution in [1.29, 1.82) is 0 Å². The van der Waals surface area contributed by atoms with E-state index in [9.17, 15) is 5.11 Å². The van der Waals surface area contributed by atoms with Gasteiger partial charge in [0.25, 0.3) is 0 Å². The first kappa shape index (κ1) is 12.9. The van der Waals surface area contributed by atoms with Crippen LogP contribution in [0.2, 0.25) is 0 Å². The fourth-order valence-electron chi connectivity index (χ4n) is 1.47. The predicted molar refractivity (Wildman–Crippen MR) is 65.0 cm³/mol. The van der Waals surface area contributed by atoms with Gasteiger partial charge in [0.1, 0.15) is 0 Å². The Bertz CT molecular complexity index is 311. The second-order valence-corrected chi connectivity index (χ2v) is 3.67. The molecule has 0 amide bonds. The lowest BCUT2D eigenvalue weighted by Gasteiger charge is -2.19. The zero-order chi connectivity index (χ0) is 11.8. The van der Waals surface area contributed by atoms with Crippen LogP contribution in [0.25, 0.3) is 0 Å². The Morgan fingerprint density at radius 3 is 2.56 bits per heavy atom. The average molecular weight is 221 g/mol. The molecule has 0 aliphatic rings. The molecule has 0 saturated carbocycles. The molecule has 2 atom stereocenters. The van der Waals surface area contributed by atoms with Gasteiger partial charge in [-0.25, -0.2) is 0 Å². The Kier molecular flexibility index (Phi) is 5.78. The molecule has 0 aliphatic carbocycles. The molecule has 0 radical (unpaired) electrons. The summed E-state index contributed by atoms with van der Waals surface area (Å²) in [6, 6.07) is 9.58. The van der Waals surface area contributed by atoms with E-state index in [1.807, 2.05) is 37.3 Å². The van der Waals surface area contributed by atoms with Crippen LogP contribution < -0.4 is 5.32 Å². The van der Waals surface area contributed by atoms with Gasteiger partial charge in [-0.1, -0.05) is 42.5 Å². The fraction of sp³-hybridized carbons (Fsp3) is 0.385. The average Bonchev–Trinajstić information content (AvgIpc) is 2.31. The Hall–Kier alpha value is -1.16. The van der Waals surface area contributed by atoms with Crippen molar-refractivity contribution < 1.29 is 10.2 Å². The van der Waals surface area contributed by atoms with E-state index < -0.39 is 6.10 Å². The highest BCUT2D eigenvalue weighted by molar-refractivity contribution is 5.14. The van der Waals surface area contributed by atoms with Gasteiger partial charge in [0, 0.05) is 6.54 Å². The number of hydrogen-bond acceptors (Lipinski definition) is 3. The van der Waals surface area contributed by atoms with E-state index in [4.69, 9.17) is 5.11 Å². The molecule has 0 bridgehead atoms. The van der Waals surface area contributed by atoms with Crippen molar-refractivity contribution in [2.24, 2.45) is 0 Å². The quantitative estimate of drug-likeness (QED) is 0.630. The van der Waals surface area contributed by atoms with Gasteiger partial charge in [-0.05, 0) is 12.5 Å². The van der Waals surface area contributed by atoms with Crippen LogP contribution in [-0.4, -0.2) is 29.0 Å². The molecule has 0 spiro atoms. The molecule has 2 unspecified atom stereocenters. The zero-order valence-corrected chi connectivity index (χ0v) is 9.50. The number of hydrogen-bond donors (Lipinski definition) is 3. The minimum Gasteiger partial charge on any atom is -0.395 e. The van der Waals surface area contributed by atoms with Crippen LogP contribution in [0.3, 0.4) is 0 Å².